The van der Waals surface area contributed by atoms with Gasteiger partial charge < -0.3 is 10.8 Å². The Balaban J connectivity index is 2.13. The molecule has 0 amide bonds. The van der Waals surface area contributed by atoms with Crippen LogP contribution in [0.5, 0.6) is 0 Å². The summed E-state index contributed by atoms with van der Waals surface area (Å²) in [6.45, 7) is 0. The van der Waals surface area contributed by atoms with Gasteiger partial charge in [-0.15, -0.1) is 0 Å². The summed E-state index contributed by atoms with van der Waals surface area (Å²) in [6.07, 6.45) is 0.447. The average molecular weight is 205 g/mol. The van der Waals surface area contributed by atoms with E-state index in [2.05, 4.69) is 0 Å². The number of ketones is 1. The number of aliphatic carboxylic acids is 1. The molecule has 0 unspecified atom stereocenters. The Bertz CT molecular complexity index is 428. The molecular weight excluding hydrogens is 194 g/mol. The van der Waals surface area contributed by atoms with Crippen LogP contribution in [0.4, 0.5) is 5.69 Å². The van der Waals surface area contributed by atoms with E-state index in [-0.39, 0.29) is 11.7 Å². The fourth-order valence-electron chi connectivity index (χ4n) is 1.66. The summed E-state index contributed by atoms with van der Waals surface area (Å²) in [5.41, 5.74) is 6.57. The number of benzene rings is 1. The molecule has 0 saturated heterocycles. The third-order valence-corrected chi connectivity index (χ3v) is 2.62. The quantitative estimate of drug-likeness (QED) is 0.573. The van der Waals surface area contributed by atoms with Gasteiger partial charge in [0.2, 0.25) is 0 Å². The molecule has 2 atom stereocenters. The Kier molecular flexibility index (Phi) is 2.19. The summed E-state index contributed by atoms with van der Waals surface area (Å²) in [5, 5.41) is 8.70. The van der Waals surface area contributed by atoms with Gasteiger partial charge in [-0.1, -0.05) is 12.1 Å². The summed E-state index contributed by atoms with van der Waals surface area (Å²) in [7, 11) is 0. The van der Waals surface area contributed by atoms with Crippen LogP contribution in [0.25, 0.3) is 0 Å². The first-order valence-corrected chi connectivity index (χ1v) is 4.72. The number of hydrogen-bond acceptors (Lipinski definition) is 3. The molecule has 2 rings (SSSR count). The Morgan fingerprint density at radius 1 is 1.33 bits per heavy atom. The van der Waals surface area contributed by atoms with Crippen LogP contribution < -0.4 is 5.73 Å². The third kappa shape index (κ3) is 1.83. The van der Waals surface area contributed by atoms with E-state index < -0.39 is 11.9 Å². The number of carbonyl (C=O) groups excluding carboxylic acids is 1. The molecule has 0 radical (unpaired) electrons. The first kappa shape index (κ1) is 9.71. The molecule has 4 heteroatoms. The summed E-state index contributed by atoms with van der Waals surface area (Å²) in [5.74, 6) is -1.87. The molecule has 4 nitrogen and oxygen atoms in total. The second-order valence-corrected chi connectivity index (χ2v) is 3.78. The number of carbonyl (C=O) groups is 2. The van der Waals surface area contributed by atoms with Gasteiger partial charge in [0, 0.05) is 17.2 Å². The molecular formula is C11H11NO3. The van der Waals surface area contributed by atoms with E-state index in [0.29, 0.717) is 17.7 Å². The predicted molar refractivity (Wildman–Crippen MR) is 54.4 cm³/mol. The average Bonchev–Trinajstić information content (AvgIpc) is 2.96. The number of anilines is 1. The Morgan fingerprint density at radius 3 is 2.60 bits per heavy atom. The van der Waals surface area contributed by atoms with E-state index >= 15 is 0 Å². The summed E-state index contributed by atoms with van der Waals surface area (Å²) in [4.78, 5) is 22.4. The number of carboxylic acid groups (broad SMARTS) is 1. The summed E-state index contributed by atoms with van der Waals surface area (Å²) < 4.78 is 0. The van der Waals surface area contributed by atoms with Gasteiger partial charge in [0.15, 0.2) is 5.78 Å². The molecule has 1 saturated carbocycles. The van der Waals surface area contributed by atoms with E-state index in [1.807, 2.05) is 0 Å². The van der Waals surface area contributed by atoms with Crippen LogP contribution in [0, 0.1) is 11.8 Å². The van der Waals surface area contributed by atoms with Gasteiger partial charge in [-0.2, -0.15) is 0 Å². The molecule has 1 aliphatic carbocycles. The molecule has 1 fully saturated rings. The van der Waals surface area contributed by atoms with Crippen molar-refractivity contribution in [2.45, 2.75) is 6.42 Å². The fraction of sp³-hybridized carbons (Fsp3) is 0.273. The van der Waals surface area contributed by atoms with Crippen LogP contribution >= 0.6 is 0 Å². The highest BCUT2D eigenvalue weighted by atomic mass is 16.4. The van der Waals surface area contributed by atoms with Gasteiger partial charge in [0.1, 0.15) is 0 Å². The standard InChI is InChI=1S/C11H11NO3/c12-7-3-1-2-6(4-7)10(13)8-5-9(8)11(14)15/h1-4,8-9H,5,12H2,(H,14,15)/t8-,9+/m0/s1. The summed E-state index contributed by atoms with van der Waals surface area (Å²) >= 11 is 0. The van der Waals surface area contributed by atoms with Crippen LogP contribution in [0.2, 0.25) is 0 Å². The van der Waals surface area contributed by atoms with Crippen LogP contribution in [0.1, 0.15) is 16.8 Å². The molecule has 1 aliphatic rings. The van der Waals surface area contributed by atoms with E-state index in [1.54, 1.807) is 24.3 Å². The number of rotatable bonds is 3. The molecule has 0 heterocycles. The second kappa shape index (κ2) is 3.38. The lowest BCUT2D eigenvalue weighted by atomic mass is 10.1. The first-order valence-electron chi connectivity index (χ1n) is 4.72. The number of Topliss-reactive ketones (excluding diaryl/α,β-unsaturated/α-hetero) is 1. The number of carboxylic acids is 1. The van der Waals surface area contributed by atoms with Crippen molar-refractivity contribution in [2.75, 3.05) is 5.73 Å². The van der Waals surface area contributed by atoms with Crippen LogP contribution in [-0.2, 0) is 4.79 Å². The van der Waals surface area contributed by atoms with Gasteiger partial charge in [-0.3, -0.25) is 9.59 Å². The van der Waals surface area contributed by atoms with Crippen molar-refractivity contribution in [1.82, 2.24) is 0 Å². The minimum Gasteiger partial charge on any atom is -0.481 e. The van der Waals surface area contributed by atoms with Gasteiger partial charge in [0.25, 0.3) is 0 Å². The SMILES string of the molecule is Nc1cccc(C(=O)[C@H]2C[C@H]2C(=O)O)c1. The third-order valence-electron chi connectivity index (χ3n) is 2.62. The molecule has 1 aromatic carbocycles. The van der Waals surface area contributed by atoms with Gasteiger partial charge in [0.05, 0.1) is 5.92 Å². The van der Waals surface area contributed by atoms with Crippen LogP contribution in [0.15, 0.2) is 24.3 Å². The number of nitrogen functional groups attached to an aromatic ring is 1. The molecule has 1 aromatic rings. The monoisotopic (exact) mass is 205 g/mol. The minimum atomic E-state index is -0.891. The Labute approximate surface area is 86.7 Å². The fourth-order valence-corrected chi connectivity index (χ4v) is 1.66. The predicted octanol–water partition coefficient (Wildman–Crippen LogP) is 1.17. The lowest BCUT2D eigenvalue weighted by Gasteiger charge is -2.00. The smallest absolute Gasteiger partial charge is 0.307 e. The van der Waals surface area contributed by atoms with E-state index in [1.165, 1.54) is 0 Å². The maximum atomic E-state index is 11.8. The minimum absolute atomic E-state index is 0.116. The zero-order valence-corrected chi connectivity index (χ0v) is 8.01. The van der Waals surface area contributed by atoms with Gasteiger partial charge >= 0.3 is 5.97 Å². The second-order valence-electron chi connectivity index (χ2n) is 3.78. The molecule has 0 spiro atoms. The van der Waals surface area contributed by atoms with Gasteiger partial charge in [-0.25, -0.2) is 0 Å². The molecule has 0 aromatic heterocycles. The van der Waals surface area contributed by atoms with Crippen molar-refractivity contribution in [2.24, 2.45) is 11.8 Å². The molecule has 15 heavy (non-hydrogen) atoms. The van der Waals surface area contributed by atoms with E-state index in [0.717, 1.165) is 0 Å². The van der Waals surface area contributed by atoms with Crippen molar-refractivity contribution in [3.05, 3.63) is 29.8 Å². The summed E-state index contributed by atoms with van der Waals surface area (Å²) in [6, 6.07) is 6.63. The lowest BCUT2D eigenvalue weighted by Crippen LogP contribution is -2.08. The van der Waals surface area contributed by atoms with E-state index in [4.69, 9.17) is 10.8 Å². The van der Waals surface area contributed by atoms with Crippen molar-refractivity contribution >= 4 is 17.4 Å². The lowest BCUT2D eigenvalue weighted by molar-refractivity contribution is -0.138. The number of hydrogen-bond donors (Lipinski definition) is 2. The molecule has 3 N–H and O–H groups in total. The first-order chi connectivity index (χ1) is 7.09. The normalized spacial score (nSPS) is 23.5. The zero-order valence-electron chi connectivity index (χ0n) is 8.01. The van der Waals surface area contributed by atoms with Crippen LogP contribution in [0.3, 0.4) is 0 Å². The number of nitrogens with two attached hydrogens (primary N) is 1. The highest BCUT2D eigenvalue weighted by Gasteiger charge is 2.48. The topological polar surface area (TPSA) is 80.4 Å². The van der Waals surface area contributed by atoms with Gasteiger partial charge in [-0.05, 0) is 18.6 Å². The maximum absolute atomic E-state index is 11.8. The van der Waals surface area contributed by atoms with Crippen molar-refractivity contribution in [3.8, 4) is 0 Å². The zero-order chi connectivity index (χ0) is 11.0. The maximum Gasteiger partial charge on any atom is 0.307 e. The highest BCUT2D eigenvalue weighted by molar-refractivity contribution is 6.03. The van der Waals surface area contributed by atoms with Crippen molar-refractivity contribution in [3.63, 3.8) is 0 Å². The van der Waals surface area contributed by atoms with Crippen LogP contribution in [-0.4, -0.2) is 16.9 Å². The Morgan fingerprint density at radius 2 is 2.07 bits per heavy atom. The van der Waals surface area contributed by atoms with Crippen molar-refractivity contribution < 1.29 is 14.7 Å². The highest BCUT2D eigenvalue weighted by Crippen LogP contribution is 2.41. The van der Waals surface area contributed by atoms with Crippen molar-refractivity contribution in [1.29, 1.82) is 0 Å². The molecule has 78 valence electrons. The largest absolute Gasteiger partial charge is 0.481 e. The molecule has 0 bridgehead atoms. The Hall–Kier alpha value is -1.84. The van der Waals surface area contributed by atoms with E-state index in [9.17, 15) is 9.59 Å². The molecule has 0 aliphatic heterocycles.